The van der Waals surface area contributed by atoms with E-state index < -0.39 is 41.4 Å². The van der Waals surface area contributed by atoms with Crippen molar-refractivity contribution < 1.29 is 31.5 Å². The van der Waals surface area contributed by atoms with Gasteiger partial charge in [0.05, 0.1) is 54.5 Å². The molecule has 3 aromatic heterocycles. The van der Waals surface area contributed by atoms with Gasteiger partial charge in [-0.1, -0.05) is 6.07 Å². The Morgan fingerprint density at radius 2 is 1.89 bits per heavy atom. The Morgan fingerprint density at radius 3 is 2.58 bits per heavy atom. The van der Waals surface area contributed by atoms with E-state index in [1.165, 1.54) is 48.0 Å². The number of carbonyl (C=O) groups is 1. The number of aryl methyl sites for hydroxylation is 1. The Labute approximate surface area is 210 Å². The smallest absolute Gasteiger partial charge is 0.416 e. The number of rotatable bonds is 5. The topological polar surface area (TPSA) is 104 Å². The molecule has 14 heteroatoms. The minimum Gasteiger partial charge on any atom is -0.478 e. The van der Waals surface area contributed by atoms with Crippen molar-refractivity contribution in [2.24, 2.45) is 7.05 Å². The van der Waals surface area contributed by atoms with Gasteiger partial charge < -0.3 is 10.5 Å². The third-order valence-electron chi connectivity index (χ3n) is 5.91. The number of anilines is 2. The first-order valence-corrected chi connectivity index (χ1v) is 10.9. The minimum atomic E-state index is -4.76. The fraction of sp³-hybridized carbons (Fsp3) is 0.167. The Hall–Kier alpha value is -4.75. The van der Waals surface area contributed by atoms with Crippen molar-refractivity contribution in [2.75, 3.05) is 17.7 Å². The molecule has 5 aromatic rings. The number of amides is 1. The summed E-state index contributed by atoms with van der Waals surface area (Å²) in [5, 5.41) is 4.08. The predicted octanol–water partition coefficient (Wildman–Crippen LogP) is 4.35. The molecule has 0 radical (unpaired) electrons. The Morgan fingerprint density at radius 1 is 1.13 bits per heavy atom. The van der Waals surface area contributed by atoms with Gasteiger partial charge in [-0.3, -0.25) is 18.8 Å². The Kier molecular flexibility index (Phi) is 5.88. The van der Waals surface area contributed by atoms with Crippen molar-refractivity contribution in [3.8, 4) is 5.88 Å². The van der Waals surface area contributed by atoms with E-state index in [9.17, 15) is 22.4 Å². The molecule has 0 spiro atoms. The van der Waals surface area contributed by atoms with E-state index >= 15 is 4.39 Å². The van der Waals surface area contributed by atoms with Gasteiger partial charge in [0, 0.05) is 18.7 Å². The number of nitrogen functional groups attached to an aromatic ring is 1. The van der Waals surface area contributed by atoms with Gasteiger partial charge in [-0.2, -0.15) is 13.2 Å². The lowest BCUT2D eigenvalue weighted by molar-refractivity contribution is -0.137. The number of nitrogens with two attached hydrogens (primary N) is 1. The van der Waals surface area contributed by atoms with E-state index in [0.29, 0.717) is 23.2 Å². The summed E-state index contributed by atoms with van der Waals surface area (Å²) in [6.45, 7) is -0.553. The van der Waals surface area contributed by atoms with Crippen molar-refractivity contribution >= 4 is 34.0 Å². The van der Waals surface area contributed by atoms with Crippen LogP contribution in [0.2, 0.25) is 0 Å². The van der Waals surface area contributed by atoms with Crippen LogP contribution in [0, 0.1) is 11.6 Å². The first-order valence-electron chi connectivity index (χ1n) is 10.9. The molecule has 0 fully saturated rings. The highest BCUT2D eigenvalue weighted by Gasteiger charge is 2.32. The monoisotopic (exact) mass is 531 g/mol. The molecule has 5 rings (SSSR count). The largest absolute Gasteiger partial charge is 0.478 e. The van der Waals surface area contributed by atoms with E-state index in [0.717, 1.165) is 17.0 Å². The maximum atomic E-state index is 15.3. The first-order chi connectivity index (χ1) is 18.0. The maximum Gasteiger partial charge on any atom is 0.416 e. The van der Waals surface area contributed by atoms with Gasteiger partial charge in [0.1, 0.15) is 28.7 Å². The maximum absolute atomic E-state index is 15.3. The molecule has 0 aliphatic carbocycles. The molecular formula is C24H18F5N7O2. The van der Waals surface area contributed by atoms with E-state index in [1.807, 2.05) is 0 Å². The van der Waals surface area contributed by atoms with Crippen molar-refractivity contribution in [1.82, 2.24) is 24.1 Å². The highest BCUT2D eigenvalue weighted by atomic mass is 19.4. The van der Waals surface area contributed by atoms with Crippen LogP contribution in [0.4, 0.5) is 33.5 Å². The second-order valence-electron chi connectivity index (χ2n) is 8.36. The van der Waals surface area contributed by atoms with Crippen LogP contribution < -0.4 is 15.4 Å². The molecule has 0 aliphatic rings. The second-order valence-corrected chi connectivity index (χ2v) is 8.36. The van der Waals surface area contributed by atoms with Crippen LogP contribution in [0.25, 0.3) is 16.6 Å². The zero-order valence-corrected chi connectivity index (χ0v) is 19.8. The number of methoxy groups -OCH3 is 1. The zero-order chi connectivity index (χ0) is 27.4. The molecule has 1 amide bonds. The number of nitrogens with zero attached hydrogens (tertiary/aromatic N) is 6. The fourth-order valence-electron chi connectivity index (χ4n) is 4.08. The quantitative estimate of drug-likeness (QED) is 0.338. The van der Waals surface area contributed by atoms with Gasteiger partial charge in [0.15, 0.2) is 0 Å². The molecule has 3 heterocycles. The zero-order valence-electron chi connectivity index (χ0n) is 19.8. The lowest BCUT2D eigenvalue weighted by atomic mass is 10.1. The van der Waals surface area contributed by atoms with E-state index in [4.69, 9.17) is 10.5 Å². The number of carbonyl (C=O) groups excluding carboxylic acids is 1. The Balaban J connectivity index is 1.65. The standard InChI is InChI=1S/C24H18F5N7O2/c1-34-10-20(22(33-34)38-2)35(9-12-3-4-13(5-15(12)25)24(27,28)29)23(37)14-6-18-17(7-16(14)26)32-21(30)19-8-31-11-36(18)19/h3-8,10-11H,9H2,1-2H3,(H2,30,32). The van der Waals surface area contributed by atoms with Crippen molar-refractivity contribution in [2.45, 2.75) is 12.7 Å². The molecule has 0 unspecified atom stereocenters. The molecule has 196 valence electrons. The Bertz CT molecular complexity index is 1710. The van der Waals surface area contributed by atoms with Crippen LogP contribution in [0.3, 0.4) is 0 Å². The highest BCUT2D eigenvalue weighted by molar-refractivity contribution is 6.08. The molecule has 0 saturated heterocycles. The summed E-state index contributed by atoms with van der Waals surface area (Å²) in [4.78, 5) is 22.9. The predicted molar refractivity (Wildman–Crippen MR) is 127 cm³/mol. The van der Waals surface area contributed by atoms with Crippen LogP contribution in [-0.4, -0.2) is 37.2 Å². The summed E-state index contributed by atoms with van der Waals surface area (Å²) in [6, 6.07) is 4.22. The highest BCUT2D eigenvalue weighted by Crippen LogP contribution is 2.33. The van der Waals surface area contributed by atoms with Gasteiger partial charge in [-0.05, 0) is 18.2 Å². The third kappa shape index (κ3) is 4.23. The molecule has 2 aromatic carbocycles. The number of aromatic nitrogens is 5. The summed E-state index contributed by atoms with van der Waals surface area (Å²) in [5.74, 6) is -3.01. The third-order valence-corrected chi connectivity index (χ3v) is 5.91. The number of ether oxygens (including phenoxy) is 1. The van der Waals surface area contributed by atoms with E-state index in [2.05, 4.69) is 15.1 Å². The normalized spacial score (nSPS) is 11.9. The summed E-state index contributed by atoms with van der Waals surface area (Å²) in [7, 11) is 2.82. The number of hydrogen-bond donors (Lipinski definition) is 1. The van der Waals surface area contributed by atoms with Crippen molar-refractivity contribution in [1.29, 1.82) is 0 Å². The van der Waals surface area contributed by atoms with E-state index in [1.54, 1.807) is 0 Å². The van der Waals surface area contributed by atoms with Crippen LogP contribution in [0.5, 0.6) is 5.88 Å². The summed E-state index contributed by atoms with van der Waals surface area (Å²) in [5.41, 5.74) is 5.00. The van der Waals surface area contributed by atoms with Gasteiger partial charge in [0.25, 0.3) is 11.8 Å². The number of benzene rings is 2. The number of alkyl halides is 3. The fourth-order valence-corrected chi connectivity index (χ4v) is 4.08. The van der Waals surface area contributed by atoms with Crippen molar-refractivity contribution in [3.05, 3.63) is 77.4 Å². The summed E-state index contributed by atoms with van der Waals surface area (Å²) in [6.07, 6.45) is -0.506. The first kappa shape index (κ1) is 24.9. The second kappa shape index (κ2) is 8.97. The van der Waals surface area contributed by atoms with Crippen LogP contribution in [0.1, 0.15) is 21.5 Å². The van der Waals surface area contributed by atoms with Gasteiger partial charge >= 0.3 is 6.18 Å². The SMILES string of the molecule is COc1nn(C)cc1N(Cc1ccc(C(F)(F)F)cc1F)C(=O)c1cc2c(cc1F)nc(N)c1cncn12. The molecule has 0 aliphatic heterocycles. The van der Waals surface area contributed by atoms with E-state index in [-0.39, 0.29) is 28.5 Å². The molecule has 9 nitrogen and oxygen atoms in total. The lowest BCUT2D eigenvalue weighted by Crippen LogP contribution is -2.31. The average molecular weight is 531 g/mol. The lowest BCUT2D eigenvalue weighted by Gasteiger charge is -2.23. The van der Waals surface area contributed by atoms with Gasteiger partial charge in [-0.25, -0.2) is 18.7 Å². The molecular weight excluding hydrogens is 513 g/mol. The number of imidazole rings is 1. The molecule has 2 N–H and O–H groups in total. The van der Waals surface area contributed by atoms with Crippen LogP contribution >= 0.6 is 0 Å². The van der Waals surface area contributed by atoms with Crippen LogP contribution in [-0.2, 0) is 19.8 Å². The van der Waals surface area contributed by atoms with Gasteiger partial charge in [0.2, 0.25) is 0 Å². The summed E-state index contributed by atoms with van der Waals surface area (Å²) < 4.78 is 77.3. The molecule has 0 bridgehead atoms. The van der Waals surface area contributed by atoms with Crippen molar-refractivity contribution in [3.63, 3.8) is 0 Å². The minimum absolute atomic E-state index is 0.0409. The van der Waals surface area contributed by atoms with Crippen LogP contribution in [0.15, 0.2) is 49.1 Å². The summed E-state index contributed by atoms with van der Waals surface area (Å²) >= 11 is 0. The number of halogens is 5. The average Bonchev–Trinajstić information content (AvgIpc) is 3.49. The number of hydrogen-bond acceptors (Lipinski definition) is 6. The van der Waals surface area contributed by atoms with Gasteiger partial charge in [-0.15, -0.1) is 5.10 Å². The molecule has 0 atom stereocenters. The number of fused-ring (bicyclic) bond motifs is 3. The molecule has 0 saturated carbocycles. The molecule has 38 heavy (non-hydrogen) atoms.